The quantitative estimate of drug-likeness (QED) is 0.342. The molecule has 2 atom stereocenters. The number of nitriles is 1. The number of carbonyl (C=O) groups excluding carboxylic acids is 1. The Morgan fingerprint density at radius 1 is 1.69 bits per heavy atom. The molecule has 1 heterocycles. The molecule has 0 radical (unpaired) electrons. The van der Waals surface area contributed by atoms with Crippen LogP contribution in [-0.4, -0.2) is 16.8 Å². The van der Waals surface area contributed by atoms with E-state index in [0.717, 1.165) is 0 Å². The molecule has 1 amide bonds. The van der Waals surface area contributed by atoms with Crippen LogP contribution in [0.4, 0.5) is 0 Å². The lowest BCUT2D eigenvalue weighted by molar-refractivity contribution is -0.123. The van der Waals surface area contributed by atoms with E-state index in [1.807, 2.05) is 11.9 Å². The molecular formula is C8H6N3OS-. The third-order valence-corrected chi connectivity index (χ3v) is 2.30. The van der Waals surface area contributed by atoms with Gasteiger partial charge in [0.25, 0.3) is 0 Å². The van der Waals surface area contributed by atoms with Crippen molar-refractivity contribution in [1.29, 1.82) is 5.26 Å². The fourth-order valence-electron chi connectivity index (χ4n) is 1.18. The van der Waals surface area contributed by atoms with Gasteiger partial charge in [-0.1, -0.05) is 19.1 Å². The Bertz CT molecular complexity index is 362. The summed E-state index contributed by atoms with van der Waals surface area (Å²) >= 11 is 4.78. The van der Waals surface area contributed by atoms with Crippen LogP contribution in [0.1, 0.15) is 6.92 Å². The fourth-order valence-corrected chi connectivity index (χ4v) is 1.51. The van der Waals surface area contributed by atoms with Crippen LogP contribution in [0.25, 0.3) is 5.41 Å². The molecule has 0 aromatic heterocycles. The third kappa shape index (κ3) is 1.50. The highest BCUT2D eigenvalue weighted by atomic mass is 32.1. The van der Waals surface area contributed by atoms with Gasteiger partial charge in [0, 0.05) is 11.5 Å². The SMILES string of the molecule is C[C@@H]1C(=C=[N-])C(=S)NC(=O)[C@@H]1C#N. The van der Waals surface area contributed by atoms with Crippen molar-refractivity contribution >= 4 is 29.0 Å². The second-order valence-electron chi connectivity index (χ2n) is 2.74. The summed E-state index contributed by atoms with van der Waals surface area (Å²) in [7, 11) is 0. The first-order valence-corrected chi connectivity index (χ1v) is 4.04. The molecule has 13 heavy (non-hydrogen) atoms. The van der Waals surface area contributed by atoms with Crippen LogP contribution in [0, 0.1) is 23.2 Å². The summed E-state index contributed by atoms with van der Waals surface area (Å²) in [5.74, 6) is 0.270. The minimum atomic E-state index is -0.804. The van der Waals surface area contributed by atoms with E-state index >= 15 is 0 Å². The Morgan fingerprint density at radius 3 is 2.77 bits per heavy atom. The second kappa shape index (κ2) is 3.48. The Labute approximate surface area is 80.7 Å². The molecular weight excluding hydrogens is 186 g/mol. The maximum atomic E-state index is 11.2. The van der Waals surface area contributed by atoms with Crippen molar-refractivity contribution < 1.29 is 4.79 Å². The lowest BCUT2D eigenvalue weighted by atomic mass is 9.85. The molecule has 1 saturated heterocycles. The Balaban J connectivity index is 3.10. The van der Waals surface area contributed by atoms with Gasteiger partial charge in [-0.2, -0.15) is 5.26 Å². The summed E-state index contributed by atoms with van der Waals surface area (Å²) in [4.78, 5) is 11.3. The van der Waals surface area contributed by atoms with Gasteiger partial charge in [-0.05, 0) is 0 Å². The Morgan fingerprint density at radius 2 is 2.31 bits per heavy atom. The molecule has 0 aromatic rings. The van der Waals surface area contributed by atoms with Gasteiger partial charge >= 0.3 is 0 Å². The van der Waals surface area contributed by atoms with E-state index in [0.29, 0.717) is 5.57 Å². The zero-order valence-corrected chi connectivity index (χ0v) is 7.68. The largest absolute Gasteiger partial charge is 0.763 e. The Hall–Kier alpha value is -1.50. The van der Waals surface area contributed by atoms with Crippen LogP contribution < -0.4 is 5.32 Å². The average Bonchev–Trinajstić information content (AvgIpc) is 2.04. The number of hydrogen-bond acceptors (Lipinski definition) is 3. The fraction of sp³-hybridized carbons (Fsp3) is 0.375. The maximum Gasteiger partial charge on any atom is 0.243 e. The lowest BCUT2D eigenvalue weighted by Crippen LogP contribution is -2.45. The Kier molecular flexibility index (Phi) is 2.57. The van der Waals surface area contributed by atoms with Gasteiger partial charge in [0.15, 0.2) is 0 Å². The van der Waals surface area contributed by atoms with Crippen molar-refractivity contribution in [3.8, 4) is 6.07 Å². The van der Waals surface area contributed by atoms with Crippen molar-refractivity contribution in [3.63, 3.8) is 0 Å². The van der Waals surface area contributed by atoms with E-state index < -0.39 is 17.7 Å². The zero-order chi connectivity index (χ0) is 10.0. The van der Waals surface area contributed by atoms with Crippen molar-refractivity contribution in [2.45, 2.75) is 6.92 Å². The van der Waals surface area contributed by atoms with Crippen LogP contribution in [0.15, 0.2) is 5.57 Å². The van der Waals surface area contributed by atoms with E-state index in [9.17, 15) is 4.79 Å². The van der Waals surface area contributed by atoms with Gasteiger partial charge in [-0.25, -0.2) is 0 Å². The summed E-state index contributed by atoms with van der Waals surface area (Å²) in [6.07, 6.45) is 0. The number of hydrogen-bond donors (Lipinski definition) is 1. The third-order valence-electron chi connectivity index (χ3n) is 1.98. The molecule has 1 N–H and O–H groups in total. The molecule has 1 rings (SSSR count). The summed E-state index contributed by atoms with van der Waals surface area (Å²) in [6, 6.07) is 1.84. The predicted octanol–water partition coefficient (Wildman–Crippen LogP) is 0.385. The molecule has 0 spiro atoms. The first kappa shape index (κ1) is 9.59. The monoisotopic (exact) mass is 192 g/mol. The van der Waals surface area contributed by atoms with Gasteiger partial charge in [0.2, 0.25) is 5.91 Å². The van der Waals surface area contributed by atoms with E-state index in [1.54, 1.807) is 6.92 Å². The molecule has 66 valence electrons. The number of piperidine rings is 1. The van der Waals surface area contributed by atoms with E-state index in [4.69, 9.17) is 22.9 Å². The van der Waals surface area contributed by atoms with E-state index in [2.05, 4.69) is 5.32 Å². The summed E-state index contributed by atoms with van der Waals surface area (Å²) < 4.78 is 0. The van der Waals surface area contributed by atoms with Crippen LogP contribution in [0.5, 0.6) is 0 Å². The molecule has 1 fully saturated rings. The number of amides is 1. The molecule has 0 unspecified atom stereocenters. The first-order chi connectivity index (χ1) is 6.11. The highest BCUT2D eigenvalue weighted by molar-refractivity contribution is 7.80. The molecule has 0 aliphatic carbocycles. The maximum absolute atomic E-state index is 11.2. The van der Waals surface area contributed by atoms with Crippen LogP contribution in [0.3, 0.4) is 0 Å². The average molecular weight is 192 g/mol. The van der Waals surface area contributed by atoms with Gasteiger partial charge in [-0.15, -0.1) is 0 Å². The number of nitrogens with zero attached hydrogens (tertiary/aromatic N) is 2. The van der Waals surface area contributed by atoms with Gasteiger partial charge in [0.1, 0.15) is 10.9 Å². The minimum Gasteiger partial charge on any atom is -0.763 e. The highest BCUT2D eigenvalue weighted by Gasteiger charge is 2.34. The molecule has 4 nitrogen and oxygen atoms in total. The smallest absolute Gasteiger partial charge is 0.243 e. The van der Waals surface area contributed by atoms with Crippen molar-refractivity contribution in [1.82, 2.24) is 5.32 Å². The second-order valence-corrected chi connectivity index (χ2v) is 3.15. The number of carbonyl (C=O) groups is 1. The van der Waals surface area contributed by atoms with Crippen LogP contribution in [-0.2, 0) is 4.79 Å². The number of thiocarbonyl (C=S) groups is 1. The lowest BCUT2D eigenvalue weighted by Gasteiger charge is -2.26. The normalized spacial score (nSPS) is 27.5. The van der Waals surface area contributed by atoms with Crippen molar-refractivity contribution in [2.75, 3.05) is 0 Å². The van der Waals surface area contributed by atoms with Crippen LogP contribution >= 0.6 is 12.2 Å². The predicted molar refractivity (Wildman–Crippen MR) is 50.9 cm³/mol. The van der Waals surface area contributed by atoms with E-state index in [1.165, 1.54) is 0 Å². The summed E-state index contributed by atoms with van der Waals surface area (Å²) in [6.45, 7) is 1.65. The minimum absolute atomic E-state index is 0.145. The standard InChI is InChI=1S/C8H6N3OS/c1-4-5(2-9)7(12)11-8(13)6(4)3-10/h4-5H,1H3,(H,11,12,13)/q-1/t4-,5+/m0/s1. The molecule has 5 heteroatoms. The number of nitrogens with one attached hydrogen (secondary N) is 1. The molecule has 0 bridgehead atoms. The summed E-state index contributed by atoms with van der Waals surface area (Å²) in [5, 5.41) is 19.7. The van der Waals surface area contributed by atoms with E-state index in [-0.39, 0.29) is 4.99 Å². The van der Waals surface area contributed by atoms with Crippen LogP contribution in [0.2, 0.25) is 0 Å². The summed E-state index contributed by atoms with van der Waals surface area (Å²) in [5.41, 5.74) is 0.307. The molecule has 1 aliphatic rings. The van der Waals surface area contributed by atoms with Gasteiger partial charge in [-0.3, -0.25) is 10.7 Å². The van der Waals surface area contributed by atoms with Crippen molar-refractivity contribution in [2.24, 2.45) is 11.8 Å². The molecule has 0 saturated carbocycles. The van der Waals surface area contributed by atoms with Crippen molar-refractivity contribution in [3.05, 3.63) is 11.0 Å². The van der Waals surface area contributed by atoms with Gasteiger partial charge in [0.05, 0.1) is 6.07 Å². The zero-order valence-electron chi connectivity index (χ0n) is 6.87. The first-order valence-electron chi connectivity index (χ1n) is 3.63. The highest BCUT2D eigenvalue weighted by Crippen LogP contribution is 2.23. The topological polar surface area (TPSA) is 75.2 Å². The molecule has 0 aromatic carbocycles. The van der Waals surface area contributed by atoms with Gasteiger partial charge < -0.3 is 10.7 Å². The number of rotatable bonds is 0. The molecule has 1 aliphatic heterocycles.